The van der Waals surface area contributed by atoms with Gasteiger partial charge >= 0.3 is 0 Å². The largest absolute Gasteiger partial charge is 0.455 e. The zero-order valence-corrected chi connectivity index (χ0v) is 20.1. The second-order valence-corrected chi connectivity index (χ2v) is 10.5. The predicted molar refractivity (Wildman–Crippen MR) is 129 cm³/mol. The number of amides is 1. The lowest BCUT2D eigenvalue weighted by Gasteiger charge is -2.15. The van der Waals surface area contributed by atoms with Crippen molar-refractivity contribution in [2.45, 2.75) is 19.1 Å². The highest BCUT2D eigenvalue weighted by atomic mass is 127. The summed E-state index contributed by atoms with van der Waals surface area (Å²) < 4.78 is 47.5. The summed E-state index contributed by atoms with van der Waals surface area (Å²) in [6.07, 6.45) is 2.62. The molecule has 8 nitrogen and oxygen atoms in total. The summed E-state index contributed by atoms with van der Waals surface area (Å²) in [6, 6.07) is 10.8. The van der Waals surface area contributed by atoms with E-state index < -0.39 is 27.0 Å². The lowest BCUT2D eigenvalue weighted by Crippen LogP contribution is -2.22. The van der Waals surface area contributed by atoms with Crippen LogP contribution >= 0.6 is 22.6 Å². The lowest BCUT2D eigenvalue weighted by molar-refractivity contribution is 0.0999. The van der Waals surface area contributed by atoms with Crippen LogP contribution < -0.4 is 20.5 Å². The Kier molecular flexibility index (Phi) is 7.19. The SMILES string of the molecule is CC(C)S(=O)(=O)Nc1cccc(Oc2cncc(Nc3ccc(I)cc3F)c2C(N)=O)c1. The van der Waals surface area contributed by atoms with E-state index in [9.17, 15) is 17.6 Å². The molecule has 32 heavy (non-hydrogen) atoms. The molecule has 1 amide bonds. The first-order valence-electron chi connectivity index (χ1n) is 9.36. The number of aromatic nitrogens is 1. The molecule has 1 heterocycles. The fourth-order valence-electron chi connectivity index (χ4n) is 2.64. The average molecular weight is 570 g/mol. The number of nitrogens with two attached hydrogens (primary N) is 1. The van der Waals surface area contributed by atoms with Crippen molar-refractivity contribution >= 4 is 55.6 Å². The lowest BCUT2D eigenvalue weighted by atomic mass is 10.2. The summed E-state index contributed by atoms with van der Waals surface area (Å²) in [5, 5.41) is 2.19. The number of sulfonamides is 1. The molecule has 0 aliphatic rings. The Morgan fingerprint density at radius 1 is 1.16 bits per heavy atom. The van der Waals surface area contributed by atoms with Crippen LogP contribution in [0.2, 0.25) is 0 Å². The van der Waals surface area contributed by atoms with Crippen molar-refractivity contribution in [1.82, 2.24) is 4.98 Å². The number of halogens is 2. The van der Waals surface area contributed by atoms with Gasteiger partial charge in [-0.3, -0.25) is 14.5 Å². The van der Waals surface area contributed by atoms with Crippen LogP contribution in [0.15, 0.2) is 54.9 Å². The number of primary amides is 1. The molecule has 0 bridgehead atoms. The Bertz CT molecular complexity index is 1270. The molecule has 0 spiro atoms. The van der Waals surface area contributed by atoms with Gasteiger partial charge in [0.05, 0.1) is 34.7 Å². The zero-order valence-electron chi connectivity index (χ0n) is 17.1. The Hall–Kier alpha value is -2.93. The number of carbonyl (C=O) groups is 1. The van der Waals surface area contributed by atoms with Gasteiger partial charge in [-0.05, 0) is 66.8 Å². The van der Waals surface area contributed by atoms with E-state index in [0.29, 0.717) is 9.26 Å². The monoisotopic (exact) mass is 570 g/mol. The molecule has 2 aromatic carbocycles. The van der Waals surface area contributed by atoms with Gasteiger partial charge in [-0.15, -0.1) is 0 Å². The molecule has 3 aromatic rings. The number of ether oxygens (including phenoxy) is 1. The van der Waals surface area contributed by atoms with Crippen LogP contribution in [0.1, 0.15) is 24.2 Å². The highest BCUT2D eigenvalue weighted by molar-refractivity contribution is 14.1. The van der Waals surface area contributed by atoms with Crippen LogP contribution in [0.25, 0.3) is 0 Å². The van der Waals surface area contributed by atoms with Crippen LogP contribution in [-0.2, 0) is 10.0 Å². The first-order chi connectivity index (χ1) is 15.1. The van der Waals surface area contributed by atoms with Gasteiger partial charge in [0.15, 0.2) is 5.75 Å². The minimum atomic E-state index is -3.55. The average Bonchev–Trinajstić information content (AvgIpc) is 2.70. The fourth-order valence-corrected chi connectivity index (χ4v) is 3.78. The van der Waals surface area contributed by atoms with Gasteiger partial charge in [0.1, 0.15) is 17.1 Å². The van der Waals surface area contributed by atoms with Crippen molar-refractivity contribution in [3.8, 4) is 11.5 Å². The number of rotatable bonds is 8. The number of hydrogen-bond donors (Lipinski definition) is 3. The number of nitrogens with one attached hydrogen (secondary N) is 2. The Morgan fingerprint density at radius 3 is 2.56 bits per heavy atom. The predicted octanol–water partition coefficient (Wildman–Crippen LogP) is 4.61. The second-order valence-electron chi connectivity index (χ2n) is 7.00. The van der Waals surface area contributed by atoms with Gasteiger partial charge in [-0.25, -0.2) is 12.8 Å². The molecular formula is C21H20FIN4O4S. The van der Waals surface area contributed by atoms with E-state index in [0.717, 1.165) is 0 Å². The van der Waals surface area contributed by atoms with Gasteiger partial charge in [0, 0.05) is 9.64 Å². The molecule has 4 N–H and O–H groups in total. The minimum Gasteiger partial charge on any atom is -0.455 e. The molecule has 0 saturated heterocycles. The number of pyridine rings is 1. The van der Waals surface area contributed by atoms with E-state index in [2.05, 4.69) is 15.0 Å². The van der Waals surface area contributed by atoms with Gasteiger partial charge in [0.25, 0.3) is 5.91 Å². The number of anilines is 3. The molecule has 11 heteroatoms. The maximum absolute atomic E-state index is 14.3. The zero-order chi connectivity index (χ0) is 23.5. The molecule has 0 fully saturated rings. The van der Waals surface area contributed by atoms with E-state index in [-0.39, 0.29) is 28.4 Å². The van der Waals surface area contributed by atoms with Gasteiger partial charge in [0.2, 0.25) is 10.0 Å². The van der Waals surface area contributed by atoms with Crippen LogP contribution in [0.3, 0.4) is 0 Å². The number of carbonyl (C=O) groups excluding carboxylic acids is 1. The first kappa shape index (κ1) is 23.7. The van der Waals surface area contributed by atoms with E-state index in [4.69, 9.17) is 10.5 Å². The summed E-state index contributed by atoms with van der Waals surface area (Å²) in [5.74, 6) is -1.05. The molecule has 3 rings (SSSR count). The maximum Gasteiger partial charge on any atom is 0.254 e. The van der Waals surface area contributed by atoms with E-state index in [1.54, 1.807) is 38.1 Å². The summed E-state index contributed by atoms with van der Waals surface area (Å²) in [5.41, 5.74) is 6.11. The van der Waals surface area contributed by atoms with Crippen LogP contribution in [-0.4, -0.2) is 24.6 Å². The molecule has 1 aromatic heterocycles. The van der Waals surface area contributed by atoms with Gasteiger partial charge in [-0.1, -0.05) is 6.07 Å². The molecule has 168 valence electrons. The molecular weight excluding hydrogens is 550 g/mol. The van der Waals surface area contributed by atoms with Crippen LogP contribution in [0.4, 0.5) is 21.5 Å². The van der Waals surface area contributed by atoms with Gasteiger partial charge < -0.3 is 15.8 Å². The van der Waals surface area contributed by atoms with Crippen LogP contribution in [0.5, 0.6) is 11.5 Å². The van der Waals surface area contributed by atoms with Crippen molar-refractivity contribution in [1.29, 1.82) is 0 Å². The second kappa shape index (κ2) is 9.69. The smallest absolute Gasteiger partial charge is 0.254 e. The third-order valence-corrected chi connectivity index (χ3v) is 6.73. The highest BCUT2D eigenvalue weighted by Crippen LogP contribution is 2.33. The van der Waals surface area contributed by atoms with Crippen molar-refractivity contribution in [2.75, 3.05) is 10.0 Å². The fraction of sp³-hybridized carbons (Fsp3) is 0.143. The number of benzene rings is 2. The maximum atomic E-state index is 14.3. The Balaban J connectivity index is 1.93. The molecule has 0 unspecified atom stereocenters. The van der Waals surface area contributed by atoms with Crippen molar-refractivity contribution in [3.05, 3.63) is 69.8 Å². The molecule has 0 atom stereocenters. The topological polar surface area (TPSA) is 123 Å². The van der Waals surface area contributed by atoms with E-state index in [1.807, 2.05) is 22.6 Å². The standard InChI is InChI=1S/C21H20FIN4O4S/c1-12(2)32(29,30)27-14-4-3-5-15(9-14)31-19-11-25-10-18(20(19)21(24)28)26-17-7-6-13(23)8-16(17)22/h3-12,26-27H,1-2H3,(H2,24,28). The quantitative estimate of drug-likeness (QED) is 0.340. The molecule has 0 radical (unpaired) electrons. The first-order valence-corrected chi connectivity index (χ1v) is 12.0. The number of hydrogen-bond acceptors (Lipinski definition) is 6. The summed E-state index contributed by atoms with van der Waals surface area (Å²) in [7, 11) is -3.55. The number of nitrogens with zero attached hydrogens (tertiary/aromatic N) is 1. The minimum absolute atomic E-state index is 0.0253. The molecule has 0 aliphatic carbocycles. The van der Waals surface area contributed by atoms with E-state index >= 15 is 0 Å². The van der Waals surface area contributed by atoms with Crippen molar-refractivity contribution in [3.63, 3.8) is 0 Å². The third kappa shape index (κ3) is 5.65. The summed E-state index contributed by atoms with van der Waals surface area (Å²) in [6.45, 7) is 3.12. The Morgan fingerprint density at radius 2 is 1.91 bits per heavy atom. The van der Waals surface area contributed by atoms with E-state index in [1.165, 1.54) is 30.6 Å². The van der Waals surface area contributed by atoms with Crippen molar-refractivity contribution < 1.29 is 22.3 Å². The normalized spacial score (nSPS) is 11.3. The highest BCUT2D eigenvalue weighted by Gasteiger charge is 2.19. The summed E-state index contributed by atoms with van der Waals surface area (Å²) >= 11 is 1.99. The van der Waals surface area contributed by atoms with Crippen LogP contribution in [0, 0.1) is 9.39 Å². The Labute approximate surface area is 198 Å². The van der Waals surface area contributed by atoms with Crippen molar-refractivity contribution in [2.24, 2.45) is 5.73 Å². The summed E-state index contributed by atoms with van der Waals surface area (Å²) in [4.78, 5) is 16.2. The molecule has 0 saturated carbocycles. The molecule has 0 aliphatic heterocycles. The van der Waals surface area contributed by atoms with Gasteiger partial charge in [-0.2, -0.15) is 0 Å². The third-order valence-electron chi connectivity index (χ3n) is 4.30.